The smallest absolute Gasteiger partial charge is 0.125 e. The molecule has 0 bridgehead atoms. The van der Waals surface area contributed by atoms with Crippen LogP contribution in [-0.4, -0.2) is 5.26 Å². The molecule has 1 N–H and O–H groups in total. The largest absolute Gasteiger partial charge is 0.220 e. The zero-order valence-electron chi connectivity index (χ0n) is 5.67. The van der Waals surface area contributed by atoms with Crippen LogP contribution in [0.25, 0.3) is 0 Å². The Hall–Kier alpha value is -1.09. The van der Waals surface area contributed by atoms with E-state index >= 15 is 0 Å². The van der Waals surface area contributed by atoms with E-state index in [1.54, 1.807) is 6.92 Å². The van der Waals surface area contributed by atoms with Gasteiger partial charge < -0.3 is 0 Å². The van der Waals surface area contributed by atoms with Gasteiger partial charge in [-0.1, -0.05) is 11.0 Å². The molecule has 0 amide bonds. The minimum absolute atomic E-state index is 0.627. The van der Waals surface area contributed by atoms with E-state index in [-0.39, 0.29) is 0 Å². The van der Waals surface area contributed by atoms with Crippen molar-refractivity contribution >= 4 is 12.0 Å². The van der Waals surface area contributed by atoms with E-state index < -0.39 is 0 Å². The summed E-state index contributed by atoms with van der Waals surface area (Å²) in [4.78, 5) is 0. The summed E-state index contributed by atoms with van der Waals surface area (Å²) in [5.74, 6) is 12.3. The maximum absolute atomic E-state index is 7.64. The predicted octanol–water partition coefficient (Wildman–Crippen LogP) is 1.04. The van der Waals surface area contributed by atoms with E-state index in [0.717, 1.165) is 0 Å². The van der Waals surface area contributed by atoms with Gasteiger partial charge in [-0.3, -0.25) is 0 Å². The lowest BCUT2D eigenvalue weighted by Crippen LogP contribution is -1.72. The molecule has 0 aromatic heterocycles. The van der Waals surface area contributed by atoms with Gasteiger partial charge in [0, 0.05) is 11.2 Å². The SMILES string of the molecule is CC#CC#CC#CSOOO. The first-order valence-electron chi connectivity index (χ1n) is 2.47. The van der Waals surface area contributed by atoms with Crippen molar-refractivity contribution in [2.45, 2.75) is 6.92 Å². The van der Waals surface area contributed by atoms with E-state index in [1.165, 1.54) is 0 Å². The Morgan fingerprint density at radius 3 is 2.55 bits per heavy atom. The maximum Gasteiger partial charge on any atom is 0.125 e. The van der Waals surface area contributed by atoms with Crippen molar-refractivity contribution in [3.05, 3.63) is 0 Å². The molecule has 0 unspecified atom stereocenters. The van der Waals surface area contributed by atoms with Gasteiger partial charge in [-0.2, -0.15) is 0 Å². The second kappa shape index (κ2) is 8.91. The minimum Gasteiger partial charge on any atom is -0.220 e. The molecule has 11 heavy (non-hydrogen) atoms. The van der Waals surface area contributed by atoms with Gasteiger partial charge in [0.05, 0.1) is 0 Å². The van der Waals surface area contributed by atoms with Gasteiger partial charge in [-0.15, -0.1) is 4.33 Å². The van der Waals surface area contributed by atoms with Gasteiger partial charge in [-0.25, -0.2) is 5.26 Å². The van der Waals surface area contributed by atoms with Crippen LogP contribution in [0.15, 0.2) is 0 Å². The Balaban J connectivity index is 3.54. The third-order valence-electron chi connectivity index (χ3n) is 0.470. The molecule has 0 heterocycles. The van der Waals surface area contributed by atoms with Gasteiger partial charge >= 0.3 is 0 Å². The molecule has 56 valence electrons. The van der Waals surface area contributed by atoms with Crippen LogP contribution in [0.4, 0.5) is 0 Å². The third kappa shape index (κ3) is 8.91. The molecule has 0 spiro atoms. The molecular formula is C7H4O3S. The molecule has 0 fully saturated rings. The first-order valence-corrected chi connectivity index (χ1v) is 3.21. The fourth-order valence-electron chi connectivity index (χ4n) is 0.204. The molecule has 0 aromatic carbocycles. The number of hydrogen-bond donors (Lipinski definition) is 1. The van der Waals surface area contributed by atoms with E-state index in [0.29, 0.717) is 12.0 Å². The summed E-state index contributed by atoms with van der Waals surface area (Å²) < 4.78 is 3.93. The van der Waals surface area contributed by atoms with Crippen molar-refractivity contribution in [1.29, 1.82) is 0 Å². The summed E-state index contributed by atoms with van der Waals surface area (Å²) in [7, 11) is 0. The summed E-state index contributed by atoms with van der Waals surface area (Å²) in [6.45, 7) is 1.68. The average molecular weight is 168 g/mol. The number of rotatable bonds is 2. The molecule has 4 heteroatoms. The quantitative estimate of drug-likeness (QED) is 0.220. The number of hydrogen-bond acceptors (Lipinski definition) is 4. The van der Waals surface area contributed by atoms with Crippen LogP contribution in [0.2, 0.25) is 0 Å². The van der Waals surface area contributed by atoms with Crippen LogP contribution >= 0.6 is 12.0 Å². The van der Waals surface area contributed by atoms with E-state index in [9.17, 15) is 0 Å². The molecule has 0 aromatic rings. The highest BCUT2D eigenvalue weighted by Gasteiger charge is 1.75. The Labute approximate surface area is 69.1 Å². The van der Waals surface area contributed by atoms with E-state index in [2.05, 4.69) is 44.2 Å². The van der Waals surface area contributed by atoms with E-state index in [4.69, 9.17) is 5.26 Å². The van der Waals surface area contributed by atoms with Crippen LogP contribution in [0, 0.1) is 34.9 Å². The standard InChI is InChI=1S/C7H4O3S/c1-2-3-4-5-6-7-11-10-9-8/h8H,1H3. The van der Waals surface area contributed by atoms with Crippen molar-refractivity contribution in [2.24, 2.45) is 0 Å². The summed E-state index contributed by atoms with van der Waals surface area (Å²) in [5, 5.41) is 13.3. The summed E-state index contributed by atoms with van der Waals surface area (Å²) in [6, 6.07) is 0. The molecule has 0 rings (SSSR count). The lowest BCUT2D eigenvalue weighted by Gasteiger charge is -1.80. The van der Waals surface area contributed by atoms with Crippen LogP contribution in [0.1, 0.15) is 6.92 Å². The third-order valence-corrected chi connectivity index (χ3v) is 0.784. The van der Waals surface area contributed by atoms with Gasteiger partial charge in [-0.05, 0) is 24.7 Å². The molecule has 0 saturated carbocycles. The van der Waals surface area contributed by atoms with Crippen LogP contribution in [0.3, 0.4) is 0 Å². The monoisotopic (exact) mass is 168 g/mol. The zero-order valence-corrected chi connectivity index (χ0v) is 6.49. The fraction of sp³-hybridized carbons (Fsp3) is 0.143. The molecule has 0 saturated heterocycles. The van der Waals surface area contributed by atoms with Crippen molar-refractivity contribution < 1.29 is 14.6 Å². The fourth-order valence-corrected chi connectivity index (χ4v) is 0.361. The normalized spacial score (nSPS) is 6.00. The topological polar surface area (TPSA) is 38.7 Å². The van der Waals surface area contributed by atoms with Crippen LogP contribution in [0.5, 0.6) is 0 Å². The predicted molar refractivity (Wildman–Crippen MR) is 41.4 cm³/mol. The van der Waals surface area contributed by atoms with Gasteiger partial charge in [0.1, 0.15) is 12.0 Å². The summed E-state index contributed by atoms with van der Waals surface area (Å²) in [6.07, 6.45) is 0. The molecule has 0 aliphatic carbocycles. The molecule has 0 radical (unpaired) electrons. The zero-order chi connectivity index (χ0) is 8.36. The van der Waals surface area contributed by atoms with Crippen LogP contribution in [-0.2, 0) is 9.37 Å². The Bertz CT molecular complexity index is 265. The highest BCUT2D eigenvalue weighted by atomic mass is 32.2. The van der Waals surface area contributed by atoms with Crippen molar-refractivity contribution in [3.63, 3.8) is 0 Å². The molecule has 3 nitrogen and oxygen atoms in total. The molecule has 0 aliphatic rings. The first-order chi connectivity index (χ1) is 5.41. The van der Waals surface area contributed by atoms with Crippen molar-refractivity contribution in [1.82, 2.24) is 0 Å². The summed E-state index contributed by atoms with van der Waals surface area (Å²) >= 11 is 0.627. The Kier molecular flexibility index (Phi) is 8.03. The van der Waals surface area contributed by atoms with Crippen LogP contribution < -0.4 is 0 Å². The second-order valence-corrected chi connectivity index (χ2v) is 1.58. The lowest BCUT2D eigenvalue weighted by molar-refractivity contribution is -0.431. The van der Waals surface area contributed by atoms with Crippen molar-refractivity contribution in [2.75, 3.05) is 0 Å². The highest BCUT2D eigenvalue weighted by Crippen LogP contribution is 1.96. The summed E-state index contributed by atoms with van der Waals surface area (Å²) in [5.41, 5.74) is 0. The molecule has 0 aliphatic heterocycles. The highest BCUT2D eigenvalue weighted by molar-refractivity contribution is 7.99. The van der Waals surface area contributed by atoms with E-state index in [1.807, 2.05) is 0 Å². The second-order valence-electron chi connectivity index (χ2n) is 1.08. The van der Waals surface area contributed by atoms with Gasteiger partial charge in [0.25, 0.3) is 0 Å². The average Bonchev–Trinajstić information content (AvgIpc) is 2.03. The molecular weight excluding hydrogens is 164 g/mol. The Morgan fingerprint density at radius 2 is 1.91 bits per heavy atom. The molecule has 0 atom stereocenters. The Morgan fingerprint density at radius 1 is 1.18 bits per heavy atom. The van der Waals surface area contributed by atoms with Gasteiger partial charge in [0.15, 0.2) is 0 Å². The van der Waals surface area contributed by atoms with Crippen molar-refractivity contribution in [3.8, 4) is 34.9 Å². The lowest BCUT2D eigenvalue weighted by atomic mass is 10.5. The van der Waals surface area contributed by atoms with Gasteiger partial charge in [0.2, 0.25) is 0 Å². The first kappa shape index (κ1) is 9.91. The minimum atomic E-state index is 0.627. The maximum atomic E-state index is 7.64.